The van der Waals surface area contributed by atoms with Crippen LogP contribution in [0.1, 0.15) is 58.3 Å². The molecule has 0 saturated heterocycles. The van der Waals surface area contributed by atoms with Crippen LogP contribution in [0.3, 0.4) is 0 Å². The van der Waals surface area contributed by atoms with Crippen molar-refractivity contribution in [1.29, 1.82) is 0 Å². The molecule has 0 aliphatic heterocycles. The number of rotatable bonds is 0. The molecule has 1 heteroatoms. The van der Waals surface area contributed by atoms with Crippen LogP contribution in [0.5, 0.6) is 0 Å². The molecular weight excluding hydrogens is 233 g/mol. The second-order valence-electron chi connectivity index (χ2n) is 3.74. The quantitative estimate of drug-likeness (QED) is 0.571. The molecule has 0 amide bonds. The zero-order chi connectivity index (χ0) is 8.65. The van der Waals surface area contributed by atoms with Crippen LogP contribution in [-0.2, 0) is 32.7 Å². The Bertz CT molecular complexity index is 126. The van der Waals surface area contributed by atoms with Gasteiger partial charge in [0.05, 0.1) is 0 Å². The van der Waals surface area contributed by atoms with Gasteiger partial charge in [-0.25, -0.2) is 0 Å². The first kappa shape index (κ1) is 13.8. The summed E-state index contributed by atoms with van der Waals surface area (Å²) in [6, 6.07) is 0. The Morgan fingerprint density at radius 2 is 1.77 bits per heavy atom. The molecule has 0 spiro atoms. The SMILES string of the molecule is CC1=[C-]CCCC1.[CH-]1CCCC1.[Y]. The zero-order valence-electron chi connectivity index (χ0n) is 8.81. The van der Waals surface area contributed by atoms with Crippen molar-refractivity contribution in [2.75, 3.05) is 0 Å². The molecule has 0 unspecified atom stereocenters. The average molecular weight is 253 g/mol. The predicted molar refractivity (Wildman–Crippen MR) is 53.7 cm³/mol. The van der Waals surface area contributed by atoms with Gasteiger partial charge in [-0.05, 0) is 0 Å². The van der Waals surface area contributed by atoms with Gasteiger partial charge in [0.15, 0.2) is 0 Å². The molecule has 2 aliphatic carbocycles. The molecule has 0 nitrogen and oxygen atoms in total. The maximum absolute atomic E-state index is 3.30. The first-order valence-electron chi connectivity index (χ1n) is 5.27. The summed E-state index contributed by atoms with van der Waals surface area (Å²) in [6.07, 6.45) is 16.5. The molecule has 0 aromatic carbocycles. The summed E-state index contributed by atoms with van der Waals surface area (Å²) in [6.45, 7) is 2.17. The number of allylic oxidation sites excluding steroid dienone is 2. The van der Waals surface area contributed by atoms with E-state index in [0.29, 0.717) is 0 Å². The van der Waals surface area contributed by atoms with Crippen LogP contribution in [0.15, 0.2) is 5.57 Å². The van der Waals surface area contributed by atoms with Crippen LogP contribution in [0, 0.1) is 12.5 Å². The molecule has 0 aromatic rings. The van der Waals surface area contributed by atoms with Crippen LogP contribution in [0.4, 0.5) is 0 Å². The predicted octanol–water partition coefficient (Wildman–Crippen LogP) is 4.07. The Morgan fingerprint density at radius 3 is 2.00 bits per heavy atom. The normalized spacial score (nSPS) is 20.8. The molecule has 2 rings (SSSR count). The molecule has 0 aromatic heterocycles. The van der Waals surface area contributed by atoms with Gasteiger partial charge in [0.2, 0.25) is 0 Å². The second kappa shape index (κ2) is 9.40. The van der Waals surface area contributed by atoms with Crippen LogP contribution < -0.4 is 0 Å². The van der Waals surface area contributed by atoms with Crippen LogP contribution in [0.25, 0.3) is 0 Å². The van der Waals surface area contributed by atoms with E-state index in [0.717, 1.165) is 0 Å². The average Bonchev–Trinajstić information content (AvgIpc) is 2.62. The topological polar surface area (TPSA) is 0 Å². The maximum Gasteiger partial charge on any atom is 0 e. The van der Waals surface area contributed by atoms with Crippen molar-refractivity contribution in [3.63, 3.8) is 0 Å². The second-order valence-corrected chi connectivity index (χ2v) is 3.74. The summed E-state index contributed by atoms with van der Waals surface area (Å²) in [4.78, 5) is 0. The molecule has 2 aliphatic rings. The van der Waals surface area contributed by atoms with Gasteiger partial charge in [0.1, 0.15) is 0 Å². The van der Waals surface area contributed by atoms with Gasteiger partial charge < -0.3 is 12.5 Å². The molecule has 0 bridgehead atoms. The molecule has 0 N–H and O–H groups in total. The minimum Gasteiger partial charge on any atom is -0.497 e. The first-order valence-corrected chi connectivity index (χ1v) is 5.27. The van der Waals surface area contributed by atoms with E-state index < -0.39 is 0 Å². The number of hydrogen-bond donors (Lipinski definition) is 0. The van der Waals surface area contributed by atoms with Crippen molar-refractivity contribution in [2.24, 2.45) is 0 Å². The largest absolute Gasteiger partial charge is 0.497 e. The standard InChI is InChI=1S/C7H11.C5H9.Y/c1-7-5-3-2-4-6-7;1-2-4-5-3-1;/h2-5H2,1H3;1H,2-5H2;/q2*-1;. The van der Waals surface area contributed by atoms with Crippen molar-refractivity contribution in [1.82, 2.24) is 0 Å². The van der Waals surface area contributed by atoms with Gasteiger partial charge in [0, 0.05) is 32.7 Å². The third kappa shape index (κ3) is 7.88. The van der Waals surface area contributed by atoms with Gasteiger partial charge in [0.25, 0.3) is 0 Å². The van der Waals surface area contributed by atoms with Gasteiger partial charge in [-0.3, -0.25) is 5.57 Å². The first-order chi connectivity index (χ1) is 5.89. The van der Waals surface area contributed by atoms with E-state index in [1.807, 2.05) is 0 Å². The molecule has 13 heavy (non-hydrogen) atoms. The summed E-state index contributed by atoms with van der Waals surface area (Å²) >= 11 is 0. The van der Waals surface area contributed by atoms with Crippen molar-refractivity contribution in [3.8, 4) is 0 Å². The minimum atomic E-state index is 0. The summed E-state index contributed by atoms with van der Waals surface area (Å²) in [5.41, 5.74) is 1.46. The summed E-state index contributed by atoms with van der Waals surface area (Å²) in [5, 5.41) is 0. The van der Waals surface area contributed by atoms with Crippen molar-refractivity contribution < 1.29 is 32.7 Å². The Balaban J connectivity index is 0.000000215. The van der Waals surface area contributed by atoms with E-state index in [-0.39, 0.29) is 32.7 Å². The van der Waals surface area contributed by atoms with E-state index in [1.54, 1.807) is 0 Å². The van der Waals surface area contributed by atoms with E-state index in [9.17, 15) is 0 Å². The smallest absolute Gasteiger partial charge is 0 e. The minimum absolute atomic E-state index is 0. The van der Waals surface area contributed by atoms with Crippen LogP contribution >= 0.6 is 0 Å². The molecule has 73 valence electrons. The van der Waals surface area contributed by atoms with Crippen LogP contribution in [-0.4, -0.2) is 0 Å². The Morgan fingerprint density at radius 1 is 1.08 bits per heavy atom. The van der Waals surface area contributed by atoms with E-state index in [2.05, 4.69) is 19.4 Å². The van der Waals surface area contributed by atoms with Crippen molar-refractivity contribution in [2.45, 2.75) is 58.3 Å². The van der Waals surface area contributed by atoms with Gasteiger partial charge >= 0.3 is 0 Å². The monoisotopic (exact) mass is 253 g/mol. The number of hydrogen-bond acceptors (Lipinski definition) is 0. The summed E-state index contributed by atoms with van der Waals surface area (Å²) < 4.78 is 0. The fourth-order valence-corrected chi connectivity index (χ4v) is 1.63. The molecule has 1 saturated carbocycles. The van der Waals surface area contributed by atoms with E-state index >= 15 is 0 Å². The van der Waals surface area contributed by atoms with Crippen LogP contribution in [0.2, 0.25) is 0 Å². The summed E-state index contributed by atoms with van der Waals surface area (Å²) in [7, 11) is 0. The fraction of sp³-hybridized carbons (Fsp3) is 0.750. The molecule has 1 radical (unpaired) electrons. The van der Waals surface area contributed by atoms with E-state index in [1.165, 1.54) is 56.9 Å². The third-order valence-electron chi connectivity index (χ3n) is 2.47. The van der Waals surface area contributed by atoms with E-state index in [4.69, 9.17) is 0 Å². The Labute approximate surface area is 108 Å². The van der Waals surface area contributed by atoms with Gasteiger partial charge in [-0.1, -0.05) is 39.0 Å². The zero-order valence-corrected chi connectivity index (χ0v) is 11.6. The Hall–Kier alpha value is 0.844. The maximum atomic E-state index is 3.30. The third-order valence-corrected chi connectivity index (χ3v) is 2.47. The Kier molecular flexibility index (Phi) is 10.0. The molecular formula is C12H20Y-2. The molecule has 0 atom stereocenters. The van der Waals surface area contributed by atoms with Crippen molar-refractivity contribution >= 4 is 0 Å². The van der Waals surface area contributed by atoms with Gasteiger partial charge in [-0.15, -0.1) is 0 Å². The molecule has 1 fully saturated rings. The van der Waals surface area contributed by atoms with Crippen molar-refractivity contribution in [3.05, 3.63) is 18.1 Å². The van der Waals surface area contributed by atoms with Gasteiger partial charge in [-0.2, -0.15) is 19.3 Å². The summed E-state index contributed by atoms with van der Waals surface area (Å²) in [5.74, 6) is 0. The molecule has 0 heterocycles. The fourth-order valence-electron chi connectivity index (χ4n) is 1.63.